The highest BCUT2D eigenvalue weighted by Gasteiger charge is 2.06. The van der Waals surface area contributed by atoms with Gasteiger partial charge < -0.3 is 15.0 Å². The molecule has 0 aliphatic carbocycles. The summed E-state index contributed by atoms with van der Waals surface area (Å²) in [4.78, 5) is 18.1. The van der Waals surface area contributed by atoms with Crippen LogP contribution in [0.4, 0.5) is 5.69 Å². The molecule has 1 aromatic carbocycles. The molecule has 0 radical (unpaired) electrons. The average molecular weight is 299 g/mol. The van der Waals surface area contributed by atoms with E-state index >= 15 is 0 Å². The third kappa shape index (κ3) is 4.48. The van der Waals surface area contributed by atoms with Gasteiger partial charge in [0, 0.05) is 38.1 Å². The number of amides is 1. The first-order valence-corrected chi connectivity index (χ1v) is 7.25. The van der Waals surface area contributed by atoms with Gasteiger partial charge in [-0.1, -0.05) is 18.2 Å². The number of hydrogen-bond acceptors (Lipinski definition) is 4. The normalized spacial score (nSPS) is 10.1. The van der Waals surface area contributed by atoms with Gasteiger partial charge in [-0.15, -0.1) is 0 Å². The third-order valence-corrected chi connectivity index (χ3v) is 3.36. The minimum atomic E-state index is -0.113. The zero-order chi connectivity index (χ0) is 15.8. The fourth-order valence-electron chi connectivity index (χ4n) is 2.07. The Bertz CT molecular complexity index is 585. The average Bonchev–Trinajstić information content (AvgIpc) is 2.59. The lowest BCUT2D eigenvalue weighted by molar-refractivity contribution is 0.0953. The maximum atomic E-state index is 12.0. The van der Waals surface area contributed by atoms with Crippen LogP contribution in [0.5, 0.6) is 5.88 Å². The fourth-order valence-corrected chi connectivity index (χ4v) is 2.07. The SMILES string of the molecule is COc1ccc(C(=O)NCCCN(C)c2ccccc2)cn1. The van der Waals surface area contributed by atoms with Crippen molar-refractivity contribution in [2.75, 3.05) is 32.1 Å². The third-order valence-electron chi connectivity index (χ3n) is 3.36. The zero-order valence-corrected chi connectivity index (χ0v) is 13.0. The van der Waals surface area contributed by atoms with E-state index in [9.17, 15) is 4.79 Å². The first-order valence-electron chi connectivity index (χ1n) is 7.25. The summed E-state index contributed by atoms with van der Waals surface area (Å²) in [6.07, 6.45) is 2.39. The quantitative estimate of drug-likeness (QED) is 0.797. The van der Waals surface area contributed by atoms with Gasteiger partial charge in [0.2, 0.25) is 5.88 Å². The number of nitrogens with zero attached hydrogens (tertiary/aromatic N) is 2. The number of ether oxygens (including phenoxy) is 1. The van der Waals surface area contributed by atoms with Gasteiger partial charge in [0.15, 0.2) is 0 Å². The van der Waals surface area contributed by atoms with Crippen LogP contribution in [-0.2, 0) is 0 Å². The van der Waals surface area contributed by atoms with Crippen molar-refractivity contribution in [3.63, 3.8) is 0 Å². The second-order valence-electron chi connectivity index (χ2n) is 4.96. The van der Waals surface area contributed by atoms with E-state index in [-0.39, 0.29) is 5.91 Å². The largest absolute Gasteiger partial charge is 0.481 e. The van der Waals surface area contributed by atoms with Crippen molar-refractivity contribution in [1.29, 1.82) is 0 Å². The molecule has 0 aliphatic heterocycles. The summed E-state index contributed by atoms with van der Waals surface area (Å²) in [7, 11) is 3.59. The Balaban J connectivity index is 1.72. The van der Waals surface area contributed by atoms with Crippen molar-refractivity contribution < 1.29 is 9.53 Å². The molecule has 1 heterocycles. The van der Waals surface area contributed by atoms with Crippen LogP contribution in [0.15, 0.2) is 48.7 Å². The van der Waals surface area contributed by atoms with Crippen LogP contribution < -0.4 is 15.0 Å². The topological polar surface area (TPSA) is 54.5 Å². The highest BCUT2D eigenvalue weighted by molar-refractivity contribution is 5.93. The zero-order valence-electron chi connectivity index (χ0n) is 13.0. The van der Waals surface area contributed by atoms with E-state index in [1.807, 2.05) is 25.2 Å². The van der Waals surface area contributed by atoms with Crippen molar-refractivity contribution in [3.05, 3.63) is 54.2 Å². The van der Waals surface area contributed by atoms with E-state index in [4.69, 9.17) is 4.74 Å². The molecule has 1 amide bonds. The Hall–Kier alpha value is -2.56. The molecule has 1 N–H and O–H groups in total. The van der Waals surface area contributed by atoms with Crippen LogP contribution in [0.2, 0.25) is 0 Å². The molecule has 0 fully saturated rings. The molecule has 2 aromatic rings. The lowest BCUT2D eigenvalue weighted by Crippen LogP contribution is -2.28. The minimum absolute atomic E-state index is 0.113. The van der Waals surface area contributed by atoms with E-state index in [0.717, 1.165) is 13.0 Å². The van der Waals surface area contributed by atoms with Gasteiger partial charge in [-0.3, -0.25) is 4.79 Å². The molecule has 0 bridgehead atoms. The van der Waals surface area contributed by atoms with E-state index in [0.29, 0.717) is 18.0 Å². The van der Waals surface area contributed by atoms with E-state index in [2.05, 4.69) is 27.3 Å². The van der Waals surface area contributed by atoms with Crippen LogP contribution >= 0.6 is 0 Å². The van der Waals surface area contributed by atoms with Gasteiger partial charge in [0.05, 0.1) is 12.7 Å². The van der Waals surface area contributed by atoms with Gasteiger partial charge in [0.25, 0.3) is 5.91 Å². The highest BCUT2D eigenvalue weighted by Crippen LogP contribution is 2.11. The number of benzene rings is 1. The highest BCUT2D eigenvalue weighted by atomic mass is 16.5. The maximum Gasteiger partial charge on any atom is 0.252 e. The monoisotopic (exact) mass is 299 g/mol. The first-order chi connectivity index (χ1) is 10.7. The van der Waals surface area contributed by atoms with Crippen LogP contribution in [0.25, 0.3) is 0 Å². The molecule has 0 saturated carbocycles. The molecule has 0 aliphatic rings. The summed E-state index contributed by atoms with van der Waals surface area (Å²) < 4.78 is 4.97. The van der Waals surface area contributed by atoms with E-state index in [1.165, 1.54) is 11.9 Å². The predicted molar refractivity (Wildman–Crippen MR) is 87.5 cm³/mol. The molecule has 0 atom stereocenters. The van der Waals surface area contributed by atoms with Crippen molar-refractivity contribution >= 4 is 11.6 Å². The molecule has 5 heteroatoms. The number of anilines is 1. The van der Waals surface area contributed by atoms with Crippen LogP contribution in [-0.4, -0.2) is 38.1 Å². The molecule has 0 spiro atoms. The molecular formula is C17H21N3O2. The molecule has 22 heavy (non-hydrogen) atoms. The summed E-state index contributed by atoms with van der Waals surface area (Å²) in [5.74, 6) is 0.388. The number of aromatic nitrogens is 1. The van der Waals surface area contributed by atoms with Gasteiger partial charge in [-0.25, -0.2) is 4.98 Å². The fraction of sp³-hybridized carbons (Fsp3) is 0.294. The first kappa shape index (κ1) is 15.8. The molecule has 2 rings (SSSR count). The summed E-state index contributed by atoms with van der Waals surface area (Å²) in [6, 6.07) is 13.6. The Labute approximate surface area is 130 Å². The van der Waals surface area contributed by atoms with Crippen LogP contribution in [0.3, 0.4) is 0 Å². The van der Waals surface area contributed by atoms with Gasteiger partial charge in [-0.2, -0.15) is 0 Å². The van der Waals surface area contributed by atoms with Crippen molar-refractivity contribution in [3.8, 4) is 5.88 Å². The van der Waals surface area contributed by atoms with Crippen molar-refractivity contribution in [1.82, 2.24) is 10.3 Å². The smallest absolute Gasteiger partial charge is 0.252 e. The van der Waals surface area contributed by atoms with Gasteiger partial charge >= 0.3 is 0 Å². The molecule has 5 nitrogen and oxygen atoms in total. The predicted octanol–water partition coefficient (Wildman–Crippen LogP) is 2.35. The number of pyridine rings is 1. The molecular weight excluding hydrogens is 278 g/mol. The standard InChI is InChI=1S/C17H21N3O2/c1-20(15-7-4-3-5-8-15)12-6-11-18-17(21)14-9-10-16(22-2)19-13-14/h3-5,7-10,13H,6,11-12H2,1-2H3,(H,18,21). The Morgan fingerprint density at radius 3 is 2.64 bits per heavy atom. The van der Waals surface area contributed by atoms with Gasteiger partial charge in [0.1, 0.15) is 0 Å². The Morgan fingerprint density at radius 1 is 1.23 bits per heavy atom. The van der Waals surface area contributed by atoms with Crippen LogP contribution in [0.1, 0.15) is 16.8 Å². The van der Waals surface area contributed by atoms with Crippen molar-refractivity contribution in [2.24, 2.45) is 0 Å². The number of para-hydroxylation sites is 1. The Morgan fingerprint density at radius 2 is 2.00 bits per heavy atom. The number of methoxy groups -OCH3 is 1. The lowest BCUT2D eigenvalue weighted by Gasteiger charge is -2.19. The number of nitrogens with one attached hydrogen (secondary N) is 1. The maximum absolute atomic E-state index is 12.0. The second kappa shape index (κ2) is 8.02. The number of hydrogen-bond donors (Lipinski definition) is 1. The number of carbonyl (C=O) groups excluding carboxylic acids is 1. The van der Waals surface area contributed by atoms with Crippen molar-refractivity contribution in [2.45, 2.75) is 6.42 Å². The van der Waals surface area contributed by atoms with E-state index in [1.54, 1.807) is 19.2 Å². The summed E-state index contributed by atoms with van der Waals surface area (Å²) in [5, 5.41) is 2.90. The minimum Gasteiger partial charge on any atom is -0.481 e. The summed E-state index contributed by atoms with van der Waals surface area (Å²) >= 11 is 0. The molecule has 0 unspecified atom stereocenters. The molecule has 1 aromatic heterocycles. The van der Waals surface area contributed by atoms with Crippen LogP contribution in [0, 0.1) is 0 Å². The lowest BCUT2D eigenvalue weighted by atomic mass is 10.2. The number of rotatable bonds is 7. The van der Waals surface area contributed by atoms with E-state index < -0.39 is 0 Å². The number of carbonyl (C=O) groups is 1. The molecule has 0 saturated heterocycles. The second-order valence-corrected chi connectivity index (χ2v) is 4.96. The van der Waals surface area contributed by atoms with Gasteiger partial charge in [-0.05, 0) is 24.6 Å². The summed E-state index contributed by atoms with van der Waals surface area (Å²) in [5.41, 5.74) is 1.71. The Kier molecular flexibility index (Phi) is 5.77. The summed E-state index contributed by atoms with van der Waals surface area (Å²) in [6.45, 7) is 1.51. The molecule has 116 valence electrons.